The van der Waals surface area contributed by atoms with Crippen molar-refractivity contribution in [1.29, 1.82) is 0 Å². The molecule has 0 aliphatic heterocycles. The third-order valence-electron chi connectivity index (χ3n) is 4.52. The molecule has 10 heteroatoms. The van der Waals surface area contributed by atoms with Crippen molar-refractivity contribution in [3.8, 4) is 5.75 Å². The number of rotatable bonds is 8. The number of sulfonamides is 1. The van der Waals surface area contributed by atoms with E-state index in [-0.39, 0.29) is 27.0 Å². The Balaban J connectivity index is 1.88. The molecule has 0 spiro atoms. The number of anilines is 1. The number of benzene rings is 3. The highest BCUT2D eigenvalue weighted by atomic mass is 35.5. The monoisotopic (exact) mass is 496 g/mol. The van der Waals surface area contributed by atoms with Crippen molar-refractivity contribution in [2.24, 2.45) is 0 Å². The van der Waals surface area contributed by atoms with Crippen molar-refractivity contribution in [2.75, 3.05) is 12.4 Å². The molecule has 0 aliphatic carbocycles. The van der Waals surface area contributed by atoms with Gasteiger partial charge in [0, 0.05) is 5.69 Å². The van der Waals surface area contributed by atoms with Crippen LogP contribution in [-0.2, 0) is 21.2 Å². The molecule has 0 fully saturated rings. The first-order chi connectivity index (χ1) is 15.2. The van der Waals surface area contributed by atoms with Crippen LogP contribution in [0, 0.1) is 5.82 Å². The Labute approximate surface area is 195 Å². The van der Waals surface area contributed by atoms with Crippen LogP contribution in [0.2, 0.25) is 10.0 Å². The Morgan fingerprint density at radius 2 is 1.75 bits per heavy atom. The van der Waals surface area contributed by atoms with Crippen molar-refractivity contribution < 1.29 is 22.3 Å². The SMILES string of the molecule is COc1ccc(S(=O)(=O)N[C@H](Cc2ccccc2)C(=O)Nc2ccc(F)c(Cl)c2)cc1Cl. The third-order valence-corrected chi connectivity index (χ3v) is 6.57. The Bertz CT molecular complexity index is 1220. The van der Waals surface area contributed by atoms with Gasteiger partial charge in [-0.05, 0) is 48.4 Å². The lowest BCUT2D eigenvalue weighted by molar-refractivity contribution is -0.117. The predicted molar refractivity (Wildman–Crippen MR) is 122 cm³/mol. The van der Waals surface area contributed by atoms with E-state index in [4.69, 9.17) is 27.9 Å². The summed E-state index contributed by atoms with van der Waals surface area (Å²) in [6, 6.07) is 15.4. The minimum absolute atomic E-state index is 0.0741. The van der Waals surface area contributed by atoms with E-state index in [2.05, 4.69) is 10.0 Å². The molecule has 1 atom stereocenters. The van der Waals surface area contributed by atoms with Gasteiger partial charge in [0.25, 0.3) is 0 Å². The standard InChI is InChI=1S/C22H19Cl2FN2O4S/c1-31-21-10-8-16(13-18(21)24)32(29,30)27-20(11-14-5-3-2-4-6-14)22(28)26-15-7-9-19(25)17(23)12-15/h2-10,12-13,20,27H,11H2,1H3,(H,26,28)/t20-/m1/s1. The largest absolute Gasteiger partial charge is 0.495 e. The normalized spacial score (nSPS) is 12.2. The van der Waals surface area contributed by atoms with Gasteiger partial charge in [-0.1, -0.05) is 53.5 Å². The summed E-state index contributed by atoms with van der Waals surface area (Å²) in [5.41, 5.74) is 0.964. The van der Waals surface area contributed by atoms with E-state index in [9.17, 15) is 17.6 Å². The van der Waals surface area contributed by atoms with Crippen LogP contribution in [0.25, 0.3) is 0 Å². The zero-order valence-electron chi connectivity index (χ0n) is 16.8. The number of ether oxygens (including phenoxy) is 1. The number of carbonyl (C=O) groups excluding carboxylic acids is 1. The fraction of sp³-hybridized carbons (Fsp3) is 0.136. The van der Waals surface area contributed by atoms with Gasteiger partial charge in [-0.2, -0.15) is 4.72 Å². The first kappa shape index (κ1) is 24.0. The van der Waals surface area contributed by atoms with Crippen LogP contribution in [0.4, 0.5) is 10.1 Å². The molecule has 0 aromatic heterocycles. The van der Waals surface area contributed by atoms with E-state index in [0.717, 1.165) is 11.6 Å². The minimum Gasteiger partial charge on any atom is -0.495 e. The zero-order valence-corrected chi connectivity index (χ0v) is 19.1. The molecule has 0 heterocycles. The molecule has 0 unspecified atom stereocenters. The minimum atomic E-state index is -4.12. The average molecular weight is 497 g/mol. The van der Waals surface area contributed by atoms with Crippen LogP contribution in [0.1, 0.15) is 5.56 Å². The van der Waals surface area contributed by atoms with Crippen molar-refractivity contribution in [3.05, 3.63) is 88.2 Å². The summed E-state index contributed by atoms with van der Waals surface area (Å²) < 4.78 is 46.9. The lowest BCUT2D eigenvalue weighted by Crippen LogP contribution is -2.45. The molecular formula is C22H19Cl2FN2O4S. The molecule has 0 aliphatic rings. The van der Waals surface area contributed by atoms with Gasteiger partial charge >= 0.3 is 0 Å². The van der Waals surface area contributed by atoms with E-state index in [0.29, 0.717) is 5.75 Å². The predicted octanol–water partition coefficient (Wildman–Crippen LogP) is 4.67. The molecule has 32 heavy (non-hydrogen) atoms. The summed E-state index contributed by atoms with van der Waals surface area (Å²) in [5.74, 6) is -0.959. The number of halogens is 3. The van der Waals surface area contributed by atoms with Gasteiger partial charge in [0.05, 0.1) is 22.1 Å². The lowest BCUT2D eigenvalue weighted by Gasteiger charge is -2.19. The number of nitrogens with one attached hydrogen (secondary N) is 2. The Morgan fingerprint density at radius 3 is 2.38 bits per heavy atom. The highest BCUT2D eigenvalue weighted by Crippen LogP contribution is 2.27. The second-order valence-electron chi connectivity index (χ2n) is 6.78. The van der Waals surface area contributed by atoms with Gasteiger partial charge in [0.1, 0.15) is 17.6 Å². The van der Waals surface area contributed by atoms with Crippen LogP contribution in [0.5, 0.6) is 5.75 Å². The summed E-state index contributed by atoms with van der Waals surface area (Å²) in [6.45, 7) is 0. The van der Waals surface area contributed by atoms with Gasteiger partial charge in [-0.15, -0.1) is 0 Å². The summed E-state index contributed by atoms with van der Waals surface area (Å²) >= 11 is 11.8. The number of methoxy groups -OCH3 is 1. The summed E-state index contributed by atoms with van der Waals surface area (Å²) in [4.78, 5) is 12.8. The first-order valence-electron chi connectivity index (χ1n) is 9.35. The fourth-order valence-electron chi connectivity index (χ4n) is 2.91. The Morgan fingerprint density at radius 1 is 1.03 bits per heavy atom. The van der Waals surface area contributed by atoms with Gasteiger partial charge in [0.2, 0.25) is 15.9 Å². The summed E-state index contributed by atoms with van der Waals surface area (Å²) in [5, 5.41) is 2.51. The van der Waals surface area contributed by atoms with E-state index in [1.807, 2.05) is 6.07 Å². The number of amides is 1. The maximum atomic E-state index is 13.4. The Hall–Kier alpha value is -2.65. The molecule has 3 aromatic rings. The fourth-order valence-corrected chi connectivity index (χ4v) is 4.63. The third kappa shape index (κ3) is 5.98. The van der Waals surface area contributed by atoms with Gasteiger partial charge in [0.15, 0.2) is 0 Å². The molecule has 2 N–H and O–H groups in total. The van der Waals surface area contributed by atoms with Crippen molar-refractivity contribution in [2.45, 2.75) is 17.4 Å². The molecule has 0 radical (unpaired) electrons. The highest BCUT2D eigenvalue weighted by Gasteiger charge is 2.27. The van der Waals surface area contributed by atoms with Crippen molar-refractivity contribution >= 4 is 44.8 Å². The van der Waals surface area contributed by atoms with Gasteiger partial charge < -0.3 is 10.1 Å². The second kappa shape index (κ2) is 10.3. The van der Waals surface area contributed by atoms with Crippen molar-refractivity contribution in [3.63, 3.8) is 0 Å². The number of carbonyl (C=O) groups is 1. The summed E-state index contributed by atoms with van der Waals surface area (Å²) in [7, 11) is -2.70. The molecule has 168 valence electrons. The Kier molecular flexibility index (Phi) is 7.73. The molecule has 6 nitrogen and oxygen atoms in total. The van der Waals surface area contributed by atoms with E-state index >= 15 is 0 Å². The maximum absolute atomic E-state index is 13.4. The van der Waals surface area contributed by atoms with E-state index in [1.54, 1.807) is 24.3 Å². The van der Waals surface area contributed by atoms with Crippen LogP contribution in [0.3, 0.4) is 0 Å². The molecule has 0 bridgehead atoms. The quantitative estimate of drug-likeness (QED) is 0.474. The topological polar surface area (TPSA) is 84.5 Å². The van der Waals surface area contributed by atoms with Crippen LogP contribution < -0.4 is 14.8 Å². The summed E-state index contributed by atoms with van der Waals surface area (Å²) in [6.07, 6.45) is 0.0741. The average Bonchev–Trinajstić information content (AvgIpc) is 2.76. The molecular weight excluding hydrogens is 478 g/mol. The van der Waals surface area contributed by atoms with Crippen LogP contribution in [0.15, 0.2) is 71.6 Å². The van der Waals surface area contributed by atoms with Crippen LogP contribution >= 0.6 is 23.2 Å². The first-order valence-corrected chi connectivity index (χ1v) is 11.6. The van der Waals surface area contributed by atoms with Gasteiger partial charge in [-0.25, -0.2) is 12.8 Å². The smallest absolute Gasteiger partial charge is 0.242 e. The number of hydrogen-bond acceptors (Lipinski definition) is 4. The highest BCUT2D eigenvalue weighted by molar-refractivity contribution is 7.89. The second-order valence-corrected chi connectivity index (χ2v) is 9.31. The van der Waals surface area contributed by atoms with E-state index < -0.39 is 27.8 Å². The number of hydrogen-bond donors (Lipinski definition) is 2. The molecule has 1 amide bonds. The van der Waals surface area contributed by atoms with Gasteiger partial charge in [-0.3, -0.25) is 4.79 Å². The molecule has 3 rings (SSSR count). The van der Waals surface area contributed by atoms with E-state index in [1.165, 1.54) is 37.4 Å². The molecule has 0 saturated heterocycles. The molecule has 3 aromatic carbocycles. The lowest BCUT2D eigenvalue weighted by atomic mass is 10.1. The zero-order chi connectivity index (χ0) is 23.3. The maximum Gasteiger partial charge on any atom is 0.242 e. The van der Waals surface area contributed by atoms with Crippen LogP contribution in [-0.4, -0.2) is 27.5 Å². The molecule has 0 saturated carbocycles. The van der Waals surface area contributed by atoms with Crippen molar-refractivity contribution in [1.82, 2.24) is 4.72 Å².